The summed E-state index contributed by atoms with van der Waals surface area (Å²) >= 11 is 0. The highest BCUT2D eigenvalue weighted by Crippen LogP contribution is 2.18. The van der Waals surface area contributed by atoms with Crippen molar-refractivity contribution >= 4 is 5.71 Å². The highest BCUT2D eigenvalue weighted by atomic mass is 16.5. The van der Waals surface area contributed by atoms with Crippen molar-refractivity contribution < 1.29 is 9.94 Å². The van der Waals surface area contributed by atoms with Crippen molar-refractivity contribution in [3.63, 3.8) is 0 Å². The topological polar surface area (TPSA) is 41.8 Å². The van der Waals surface area contributed by atoms with Crippen LogP contribution in [0.25, 0.3) is 0 Å². The number of hydrogen-bond acceptors (Lipinski definition) is 3. The minimum absolute atomic E-state index is 0.238. The molecular weight excluding hydrogens is 178 g/mol. The fourth-order valence-corrected chi connectivity index (χ4v) is 1.73. The van der Waals surface area contributed by atoms with E-state index in [0.29, 0.717) is 6.61 Å². The Balaban J connectivity index is 2.22. The maximum absolute atomic E-state index is 8.97. The van der Waals surface area contributed by atoms with Crippen molar-refractivity contribution in [1.82, 2.24) is 0 Å². The smallest absolute Gasteiger partial charge is 0.0922 e. The molecule has 0 bridgehead atoms. The molecule has 1 atom stereocenters. The molecule has 1 heterocycles. The molecule has 14 heavy (non-hydrogen) atoms. The van der Waals surface area contributed by atoms with Gasteiger partial charge in [-0.15, -0.1) is 0 Å². The quantitative estimate of drug-likeness (QED) is 0.440. The first-order valence-corrected chi connectivity index (χ1v) is 4.77. The summed E-state index contributed by atoms with van der Waals surface area (Å²) in [5, 5.41) is 12.3. The van der Waals surface area contributed by atoms with Gasteiger partial charge in [0.25, 0.3) is 0 Å². The van der Waals surface area contributed by atoms with Crippen LogP contribution in [0, 0.1) is 5.92 Å². The summed E-state index contributed by atoms with van der Waals surface area (Å²) in [6, 6.07) is 9.73. The predicted molar refractivity (Wildman–Crippen MR) is 53.7 cm³/mol. The van der Waals surface area contributed by atoms with Gasteiger partial charge in [0.05, 0.1) is 12.3 Å². The largest absolute Gasteiger partial charge is 0.411 e. The molecule has 2 rings (SSSR count). The van der Waals surface area contributed by atoms with Crippen LogP contribution in [0.15, 0.2) is 35.5 Å². The molecule has 1 aromatic rings. The van der Waals surface area contributed by atoms with E-state index in [0.717, 1.165) is 24.3 Å². The van der Waals surface area contributed by atoms with Crippen molar-refractivity contribution in [2.75, 3.05) is 13.2 Å². The van der Waals surface area contributed by atoms with E-state index in [1.807, 2.05) is 30.3 Å². The molecule has 1 N–H and O–H groups in total. The van der Waals surface area contributed by atoms with Crippen LogP contribution in [-0.4, -0.2) is 24.1 Å². The van der Waals surface area contributed by atoms with E-state index >= 15 is 0 Å². The zero-order valence-corrected chi connectivity index (χ0v) is 7.89. The highest BCUT2D eigenvalue weighted by molar-refractivity contribution is 6.02. The van der Waals surface area contributed by atoms with Crippen molar-refractivity contribution in [2.24, 2.45) is 11.1 Å². The molecule has 1 fully saturated rings. The molecule has 1 aromatic carbocycles. The Morgan fingerprint density at radius 3 is 2.71 bits per heavy atom. The number of hydrogen-bond donors (Lipinski definition) is 1. The van der Waals surface area contributed by atoms with E-state index in [2.05, 4.69) is 5.16 Å². The summed E-state index contributed by atoms with van der Waals surface area (Å²) in [5.74, 6) is 0.238. The molecule has 1 aliphatic rings. The van der Waals surface area contributed by atoms with Crippen LogP contribution < -0.4 is 0 Å². The maximum atomic E-state index is 8.97. The number of ether oxygens (including phenoxy) is 1. The minimum Gasteiger partial charge on any atom is -0.411 e. The predicted octanol–water partition coefficient (Wildman–Crippen LogP) is 1.90. The maximum Gasteiger partial charge on any atom is 0.0922 e. The molecule has 1 unspecified atom stereocenters. The molecule has 1 aliphatic heterocycles. The number of rotatable bonds is 2. The third-order valence-electron chi connectivity index (χ3n) is 2.49. The van der Waals surface area contributed by atoms with Gasteiger partial charge >= 0.3 is 0 Å². The third kappa shape index (κ3) is 1.77. The molecule has 74 valence electrons. The van der Waals surface area contributed by atoms with E-state index in [9.17, 15) is 0 Å². The van der Waals surface area contributed by atoms with E-state index in [1.165, 1.54) is 0 Å². The number of benzene rings is 1. The fourth-order valence-electron chi connectivity index (χ4n) is 1.73. The second-order valence-corrected chi connectivity index (χ2v) is 3.41. The van der Waals surface area contributed by atoms with Gasteiger partial charge in [-0.3, -0.25) is 0 Å². The lowest BCUT2D eigenvalue weighted by Gasteiger charge is -2.09. The lowest BCUT2D eigenvalue weighted by Crippen LogP contribution is -2.15. The molecule has 0 spiro atoms. The summed E-state index contributed by atoms with van der Waals surface area (Å²) in [7, 11) is 0. The van der Waals surface area contributed by atoms with Gasteiger partial charge in [-0.25, -0.2) is 0 Å². The summed E-state index contributed by atoms with van der Waals surface area (Å²) in [5.41, 5.74) is 1.72. The van der Waals surface area contributed by atoms with E-state index < -0.39 is 0 Å². The van der Waals surface area contributed by atoms with Gasteiger partial charge < -0.3 is 9.94 Å². The number of oxime groups is 1. The Labute approximate surface area is 83.0 Å². The summed E-state index contributed by atoms with van der Waals surface area (Å²) in [6.45, 7) is 1.42. The van der Waals surface area contributed by atoms with Crippen LogP contribution in [-0.2, 0) is 4.74 Å². The lowest BCUT2D eigenvalue weighted by atomic mass is 9.96. The SMILES string of the molecule is O/N=C(/c1ccccc1)C1CCOC1. The van der Waals surface area contributed by atoms with Crippen molar-refractivity contribution in [1.29, 1.82) is 0 Å². The van der Waals surface area contributed by atoms with Crippen molar-refractivity contribution in [2.45, 2.75) is 6.42 Å². The zero-order valence-electron chi connectivity index (χ0n) is 7.89. The van der Waals surface area contributed by atoms with Crippen LogP contribution >= 0.6 is 0 Å². The average molecular weight is 191 g/mol. The molecule has 3 heteroatoms. The second-order valence-electron chi connectivity index (χ2n) is 3.41. The Morgan fingerprint density at radius 1 is 1.36 bits per heavy atom. The fraction of sp³-hybridized carbons (Fsp3) is 0.364. The minimum atomic E-state index is 0.238. The molecule has 1 saturated heterocycles. The van der Waals surface area contributed by atoms with Gasteiger partial charge in [-0.05, 0) is 12.0 Å². The molecule has 0 aliphatic carbocycles. The zero-order chi connectivity index (χ0) is 9.80. The van der Waals surface area contributed by atoms with Crippen LogP contribution in [0.2, 0.25) is 0 Å². The normalized spacial score (nSPS) is 22.6. The van der Waals surface area contributed by atoms with Gasteiger partial charge in [0, 0.05) is 12.5 Å². The van der Waals surface area contributed by atoms with Crippen LogP contribution in [0.3, 0.4) is 0 Å². The van der Waals surface area contributed by atoms with E-state index in [1.54, 1.807) is 0 Å². The second kappa shape index (κ2) is 4.24. The highest BCUT2D eigenvalue weighted by Gasteiger charge is 2.23. The van der Waals surface area contributed by atoms with Gasteiger partial charge in [0.1, 0.15) is 0 Å². The first-order chi connectivity index (χ1) is 6.92. The van der Waals surface area contributed by atoms with Crippen LogP contribution in [0.1, 0.15) is 12.0 Å². The van der Waals surface area contributed by atoms with E-state index in [-0.39, 0.29) is 5.92 Å². The van der Waals surface area contributed by atoms with Crippen LogP contribution in [0.4, 0.5) is 0 Å². The average Bonchev–Trinajstić information content (AvgIpc) is 2.74. The van der Waals surface area contributed by atoms with Crippen molar-refractivity contribution in [3.8, 4) is 0 Å². The molecular formula is C11H13NO2. The van der Waals surface area contributed by atoms with Crippen molar-refractivity contribution in [3.05, 3.63) is 35.9 Å². The lowest BCUT2D eigenvalue weighted by molar-refractivity contribution is 0.192. The monoisotopic (exact) mass is 191 g/mol. The van der Waals surface area contributed by atoms with Gasteiger partial charge in [-0.2, -0.15) is 0 Å². The Bertz CT molecular complexity index is 315. The molecule has 3 nitrogen and oxygen atoms in total. The molecule has 0 amide bonds. The summed E-state index contributed by atoms with van der Waals surface area (Å²) in [4.78, 5) is 0. The summed E-state index contributed by atoms with van der Waals surface area (Å²) in [6.07, 6.45) is 0.939. The summed E-state index contributed by atoms with van der Waals surface area (Å²) < 4.78 is 5.27. The van der Waals surface area contributed by atoms with Crippen LogP contribution in [0.5, 0.6) is 0 Å². The third-order valence-corrected chi connectivity index (χ3v) is 2.49. The Hall–Kier alpha value is -1.35. The van der Waals surface area contributed by atoms with Gasteiger partial charge in [0.15, 0.2) is 0 Å². The molecule has 0 radical (unpaired) electrons. The Morgan fingerprint density at radius 2 is 2.14 bits per heavy atom. The molecule has 0 aromatic heterocycles. The standard InChI is InChI=1S/C11H13NO2/c13-12-11(10-6-7-14-8-10)9-4-2-1-3-5-9/h1-5,10,13H,6-8H2/b12-11-. The van der Waals surface area contributed by atoms with Gasteiger partial charge in [-0.1, -0.05) is 35.5 Å². The van der Waals surface area contributed by atoms with E-state index in [4.69, 9.17) is 9.94 Å². The first kappa shape index (κ1) is 9.21. The molecule has 0 saturated carbocycles. The van der Waals surface area contributed by atoms with Gasteiger partial charge in [0.2, 0.25) is 0 Å². The number of nitrogens with zero attached hydrogens (tertiary/aromatic N) is 1. The Kier molecular flexibility index (Phi) is 2.79. The first-order valence-electron chi connectivity index (χ1n) is 4.77.